The molecule has 1 aliphatic carbocycles. The fraction of sp³-hybridized carbons (Fsp3) is 0.714. The smallest absolute Gasteiger partial charge is 0.225 e. The Morgan fingerprint density at radius 3 is 2.58 bits per heavy atom. The van der Waals surface area contributed by atoms with E-state index in [0.717, 1.165) is 49.3 Å². The van der Waals surface area contributed by atoms with Gasteiger partial charge in [-0.25, -0.2) is 9.97 Å². The van der Waals surface area contributed by atoms with Crippen LogP contribution < -0.4 is 4.90 Å². The second-order valence-corrected chi connectivity index (χ2v) is 5.91. The van der Waals surface area contributed by atoms with E-state index in [4.69, 9.17) is 11.6 Å². The van der Waals surface area contributed by atoms with Crippen molar-refractivity contribution in [2.24, 2.45) is 5.92 Å². The highest BCUT2D eigenvalue weighted by molar-refractivity contribution is 6.17. The Kier molecular flexibility index (Phi) is 3.89. The van der Waals surface area contributed by atoms with Crippen LogP contribution in [0.5, 0.6) is 0 Å². The third kappa shape index (κ3) is 3.18. The monoisotopic (exact) mass is 280 g/mol. The van der Waals surface area contributed by atoms with Crippen LogP contribution in [0.25, 0.3) is 0 Å². The van der Waals surface area contributed by atoms with Crippen LogP contribution >= 0.6 is 11.6 Å². The summed E-state index contributed by atoms with van der Waals surface area (Å²) in [6.07, 6.45) is 4.73. The molecule has 0 spiro atoms. The number of halogens is 1. The first kappa shape index (κ1) is 13.1. The van der Waals surface area contributed by atoms with Gasteiger partial charge < -0.3 is 4.90 Å². The summed E-state index contributed by atoms with van der Waals surface area (Å²) in [4.78, 5) is 13.9. The molecule has 2 fully saturated rings. The van der Waals surface area contributed by atoms with Crippen molar-refractivity contribution in [2.45, 2.75) is 25.6 Å². The van der Waals surface area contributed by atoms with Gasteiger partial charge >= 0.3 is 0 Å². The number of rotatable bonds is 4. The van der Waals surface area contributed by atoms with E-state index >= 15 is 0 Å². The molecule has 0 bridgehead atoms. The molecular formula is C14H21ClN4. The lowest BCUT2D eigenvalue weighted by atomic mass is 10.2. The molecule has 0 N–H and O–H groups in total. The van der Waals surface area contributed by atoms with Gasteiger partial charge in [0.25, 0.3) is 0 Å². The second kappa shape index (κ2) is 5.63. The minimum absolute atomic E-state index is 0.487. The molecule has 0 amide bonds. The first-order valence-corrected chi connectivity index (χ1v) is 7.65. The number of piperazine rings is 1. The Balaban J connectivity index is 1.59. The van der Waals surface area contributed by atoms with E-state index < -0.39 is 0 Å². The Bertz CT molecular complexity index is 439. The zero-order chi connectivity index (χ0) is 13.2. The van der Waals surface area contributed by atoms with E-state index in [1.807, 2.05) is 13.1 Å². The lowest BCUT2D eigenvalue weighted by Crippen LogP contribution is -2.47. The van der Waals surface area contributed by atoms with Crippen molar-refractivity contribution < 1.29 is 0 Å². The molecule has 1 aromatic rings. The summed E-state index contributed by atoms with van der Waals surface area (Å²) in [6.45, 7) is 7.64. The predicted molar refractivity (Wildman–Crippen MR) is 77.7 cm³/mol. The van der Waals surface area contributed by atoms with Crippen molar-refractivity contribution in [1.82, 2.24) is 14.9 Å². The van der Waals surface area contributed by atoms with Crippen LogP contribution in [-0.4, -0.2) is 47.6 Å². The molecule has 1 aliphatic heterocycles. The lowest BCUT2D eigenvalue weighted by molar-refractivity contribution is 0.247. The van der Waals surface area contributed by atoms with Gasteiger partial charge in [-0.1, -0.05) is 0 Å². The summed E-state index contributed by atoms with van der Waals surface area (Å²) in [5, 5.41) is 0. The molecule has 4 nitrogen and oxygen atoms in total. The van der Waals surface area contributed by atoms with Crippen molar-refractivity contribution in [2.75, 3.05) is 37.6 Å². The average Bonchev–Trinajstić information content (AvgIpc) is 3.23. The standard InChI is InChI=1S/C14H21ClN4/c1-11-13(8-15)9-16-14(17-11)19-6-4-18(5-7-19)10-12-2-3-12/h9,12H,2-8,10H2,1H3. The minimum Gasteiger partial charge on any atom is -0.338 e. The van der Waals surface area contributed by atoms with Crippen LogP contribution in [0.1, 0.15) is 24.1 Å². The summed E-state index contributed by atoms with van der Waals surface area (Å²) in [5.41, 5.74) is 2.03. The molecule has 104 valence electrons. The molecule has 19 heavy (non-hydrogen) atoms. The van der Waals surface area contributed by atoms with E-state index in [-0.39, 0.29) is 0 Å². The van der Waals surface area contributed by atoms with Gasteiger partial charge in [0.2, 0.25) is 5.95 Å². The molecule has 2 aliphatic rings. The van der Waals surface area contributed by atoms with E-state index in [1.54, 1.807) is 0 Å². The number of alkyl halides is 1. The Hall–Kier alpha value is -0.870. The molecule has 3 rings (SSSR count). The minimum atomic E-state index is 0.487. The summed E-state index contributed by atoms with van der Waals surface area (Å²) in [5.74, 6) is 2.33. The third-order valence-corrected chi connectivity index (χ3v) is 4.37. The van der Waals surface area contributed by atoms with Crippen molar-refractivity contribution in [3.05, 3.63) is 17.5 Å². The number of aromatic nitrogens is 2. The number of hydrogen-bond acceptors (Lipinski definition) is 4. The van der Waals surface area contributed by atoms with Gasteiger partial charge in [0.05, 0.1) is 5.88 Å². The molecule has 1 saturated carbocycles. The summed E-state index contributed by atoms with van der Waals surface area (Å²) in [6, 6.07) is 0. The molecule has 5 heteroatoms. The maximum atomic E-state index is 5.84. The molecule has 1 saturated heterocycles. The molecule has 0 unspecified atom stereocenters. The number of nitrogens with zero attached hydrogens (tertiary/aromatic N) is 4. The van der Waals surface area contributed by atoms with Gasteiger partial charge in [-0.05, 0) is 25.7 Å². The average molecular weight is 281 g/mol. The Morgan fingerprint density at radius 1 is 1.26 bits per heavy atom. The zero-order valence-corrected chi connectivity index (χ0v) is 12.2. The Morgan fingerprint density at radius 2 is 2.00 bits per heavy atom. The van der Waals surface area contributed by atoms with Gasteiger partial charge in [-0.2, -0.15) is 0 Å². The quantitative estimate of drug-likeness (QED) is 0.791. The summed E-state index contributed by atoms with van der Waals surface area (Å²) >= 11 is 5.84. The lowest BCUT2D eigenvalue weighted by Gasteiger charge is -2.34. The van der Waals surface area contributed by atoms with Crippen LogP contribution in [0.15, 0.2) is 6.20 Å². The van der Waals surface area contributed by atoms with Crippen molar-refractivity contribution >= 4 is 17.5 Å². The first-order chi connectivity index (χ1) is 9.26. The van der Waals surface area contributed by atoms with Crippen LogP contribution in [0.4, 0.5) is 5.95 Å². The summed E-state index contributed by atoms with van der Waals surface area (Å²) < 4.78 is 0. The van der Waals surface area contributed by atoms with Crippen LogP contribution in [0, 0.1) is 12.8 Å². The van der Waals surface area contributed by atoms with Crippen LogP contribution in [0.2, 0.25) is 0 Å². The molecule has 1 aromatic heterocycles. The fourth-order valence-corrected chi connectivity index (χ4v) is 2.82. The SMILES string of the molecule is Cc1nc(N2CCN(CC3CC3)CC2)ncc1CCl. The van der Waals surface area contributed by atoms with Crippen molar-refractivity contribution in [1.29, 1.82) is 0 Å². The second-order valence-electron chi connectivity index (χ2n) is 5.65. The Labute approximate surface area is 119 Å². The highest BCUT2D eigenvalue weighted by Gasteiger charge is 2.26. The number of aryl methyl sites for hydroxylation is 1. The maximum absolute atomic E-state index is 5.84. The van der Waals surface area contributed by atoms with Crippen LogP contribution in [-0.2, 0) is 5.88 Å². The third-order valence-electron chi connectivity index (χ3n) is 4.08. The normalized spacial score (nSPS) is 20.8. The fourth-order valence-electron chi connectivity index (χ4n) is 2.56. The van der Waals surface area contributed by atoms with Gasteiger partial charge in [0.15, 0.2) is 0 Å². The molecule has 0 atom stereocenters. The van der Waals surface area contributed by atoms with Gasteiger partial charge in [0.1, 0.15) is 0 Å². The van der Waals surface area contributed by atoms with Crippen molar-refractivity contribution in [3.8, 4) is 0 Å². The molecular weight excluding hydrogens is 260 g/mol. The van der Waals surface area contributed by atoms with Gasteiger partial charge in [-0.15, -0.1) is 11.6 Å². The van der Waals surface area contributed by atoms with E-state index in [1.165, 1.54) is 19.4 Å². The summed E-state index contributed by atoms with van der Waals surface area (Å²) in [7, 11) is 0. The topological polar surface area (TPSA) is 32.3 Å². The predicted octanol–water partition coefficient (Wildman–Crippen LogP) is 2.06. The van der Waals surface area contributed by atoms with E-state index in [9.17, 15) is 0 Å². The number of hydrogen-bond donors (Lipinski definition) is 0. The van der Waals surface area contributed by atoms with Gasteiger partial charge in [0, 0.05) is 50.2 Å². The van der Waals surface area contributed by atoms with E-state index in [0.29, 0.717) is 5.88 Å². The molecule has 0 radical (unpaired) electrons. The number of anilines is 1. The molecule has 2 heterocycles. The first-order valence-electron chi connectivity index (χ1n) is 7.12. The largest absolute Gasteiger partial charge is 0.338 e. The highest BCUT2D eigenvalue weighted by atomic mass is 35.5. The molecule has 0 aromatic carbocycles. The highest BCUT2D eigenvalue weighted by Crippen LogP contribution is 2.30. The van der Waals surface area contributed by atoms with Crippen LogP contribution in [0.3, 0.4) is 0 Å². The van der Waals surface area contributed by atoms with Crippen molar-refractivity contribution in [3.63, 3.8) is 0 Å². The van der Waals surface area contributed by atoms with Gasteiger partial charge in [-0.3, -0.25) is 4.90 Å². The van der Waals surface area contributed by atoms with E-state index in [2.05, 4.69) is 19.8 Å². The maximum Gasteiger partial charge on any atom is 0.225 e. The zero-order valence-electron chi connectivity index (χ0n) is 11.5.